The molecule has 0 radical (unpaired) electrons. The van der Waals surface area contributed by atoms with Crippen molar-refractivity contribution in [3.05, 3.63) is 29.8 Å². The molecule has 1 aromatic rings. The zero-order valence-corrected chi connectivity index (χ0v) is 12.5. The highest BCUT2D eigenvalue weighted by Crippen LogP contribution is 2.39. The summed E-state index contributed by atoms with van der Waals surface area (Å²) in [4.78, 5) is 0.671. The Balaban J connectivity index is 1.85. The number of rotatable bonds is 8. The molecule has 1 saturated carbocycles. The summed E-state index contributed by atoms with van der Waals surface area (Å²) in [5, 5.41) is 0. The minimum atomic E-state index is 0.619. The molecule has 0 bridgehead atoms. The lowest BCUT2D eigenvalue weighted by molar-refractivity contribution is 0.145. The quantitative estimate of drug-likeness (QED) is 0.536. The zero-order valence-electron chi connectivity index (χ0n) is 10.9. The smallest absolute Gasteiger partial charge is 0.122 e. The first-order valence-electron chi connectivity index (χ1n) is 6.65. The molecule has 1 aromatic carbocycles. The van der Waals surface area contributed by atoms with Crippen LogP contribution in [-0.4, -0.2) is 25.2 Å². The van der Waals surface area contributed by atoms with Gasteiger partial charge in [-0.05, 0) is 43.2 Å². The van der Waals surface area contributed by atoms with E-state index in [1.165, 1.54) is 24.8 Å². The minimum absolute atomic E-state index is 0.619. The van der Waals surface area contributed by atoms with Crippen molar-refractivity contribution in [2.45, 2.75) is 30.5 Å². The van der Waals surface area contributed by atoms with Crippen LogP contribution in [-0.2, 0) is 11.2 Å². The van der Waals surface area contributed by atoms with E-state index >= 15 is 0 Å². The number of methoxy groups -OCH3 is 1. The number of para-hydroxylation sites is 1. The van der Waals surface area contributed by atoms with Crippen molar-refractivity contribution in [3.8, 4) is 5.75 Å². The summed E-state index contributed by atoms with van der Waals surface area (Å²) in [7, 11) is 1.69. The Labute approximate surface area is 118 Å². The number of ether oxygens (including phenoxy) is 2. The van der Waals surface area contributed by atoms with Gasteiger partial charge in [-0.2, -0.15) is 0 Å². The van der Waals surface area contributed by atoms with Crippen molar-refractivity contribution in [2.75, 3.05) is 20.3 Å². The van der Waals surface area contributed by atoms with Gasteiger partial charge in [0.2, 0.25) is 0 Å². The van der Waals surface area contributed by atoms with E-state index in [0.29, 0.717) is 18.0 Å². The van der Waals surface area contributed by atoms with Crippen molar-refractivity contribution < 1.29 is 9.47 Å². The second-order valence-corrected chi connectivity index (χ2v) is 6.02. The van der Waals surface area contributed by atoms with Gasteiger partial charge < -0.3 is 9.47 Å². The molecule has 1 atom stereocenters. The number of alkyl halides is 1. The third-order valence-electron chi connectivity index (χ3n) is 3.34. The Morgan fingerprint density at radius 3 is 2.78 bits per heavy atom. The number of benzene rings is 1. The fourth-order valence-corrected chi connectivity index (χ4v) is 2.83. The minimum Gasteiger partial charge on any atom is -0.491 e. The lowest BCUT2D eigenvalue weighted by Gasteiger charge is -2.13. The molecular weight excluding hydrogens is 292 g/mol. The van der Waals surface area contributed by atoms with Gasteiger partial charge >= 0.3 is 0 Å². The molecule has 1 aliphatic rings. The van der Waals surface area contributed by atoms with Gasteiger partial charge in [-0.25, -0.2) is 0 Å². The molecule has 1 aliphatic carbocycles. The third-order valence-corrected chi connectivity index (χ3v) is 4.55. The summed E-state index contributed by atoms with van der Waals surface area (Å²) in [5.74, 6) is 1.91. The van der Waals surface area contributed by atoms with Crippen molar-refractivity contribution in [2.24, 2.45) is 5.92 Å². The third kappa shape index (κ3) is 4.29. The highest BCUT2D eigenvalue weighted by Gasteiger charge is 2.28. The molecular formula is C15H21BrO2. The molecule has 3 heteroatoms. The Kier molecular flexibility index (Phi) is 5.51. The summed E-state index contributed by atoms with van der Waals surface area (Å²) < 4.78 is 10.8. The predicted octanol–water partition coefficient (Wildman–Crippen LogP) is 3.82. The average Bonchev–Trinajstić information content (AvgIpc) is 3.22. The van der Waals surface area contributed by atoms with E-state index in [1.807, 2.05) is 12.1 Å². The van der Waals surface area contributed by atoms with Gasteiger partial charge in [-0.15, -0.1) is 0 Å². The molecule has 1 unspecified atom stereocenters. The molecule has 0 aliphatic heterocycles. The maximum Gasteiger partial charge on any atom is 0.122 e. The summed E-state index contributed by atoms with van der Waals surface area (Å²) >= 11 is 3.79. The van der Waals surface area contributed by atoms with Gasteiger partial charge in [0.15, 0.2) is 0 Å². The lowest BCUT2D eigenvalue weighted by atomic mass is 10.1. The first-order chi connectivity index (χ1) is 8.81. The Morgan fingerprint density at radius 1 is 1.28 bits per heavy atom. The maximum atomic E-state index is 5.75. The molecule has 0 spiro atoms. The summed E-state index contributed by atoms with van der Waals surface area (Å²) in [6.45, 7) is 1.26. The molecule has 1 fully saturated rings. The van der Waals surface area contributed by atoms with Crippen LogP contribution in [0.2, 0.25) is 0 Å². The molecule has 0 amide bonds. The van der Waals surface area contributed by atoms with Crippen LogP contribution in [0.15, 0.2) is 24.3 Å². The van der Waals surface area contributed by atoms with E-state index in [9.17, 15) is 0 Å². The van der Waals surface area contributed by atoms with Crippen molar-refractivity contribution in [1.82, 2.24) is 0 Å². The molecule has 100 valence electrons. The van der Waals surface area contributed by atoms with Crippen LogP contribution in [0.5, 0.6) is 5.75 Å². The van der Waals surface area contributed by atoms with Crippen LogP contribution in [0, 0.1) is 5.92 Å². The number of hydrogen-bond donors (Lipinski definition) is 0. The topological polar surface area (TPSA) is 18.5 Å². The lowest BCUT2D eigenvalue weighted by Crippen LogP contribution is -2.07. The van der Waals surface area contributed by atoms with E-state index in [2.05, 4.69) is 28.1 Å². The highest BCUT2D eigenvalue weighted by atomic mass is 79.9. The Hall–Kier alpha value is -0.540. The fraction of sp³-hybridized carbons (Fsp3) is 0.600. The molecule has 2 rings (SSSR count). The largest absolute Gasteiger partial charge is 0.491 e. The van der Waals surface area contributed by atoms with Crippen LogP contribution in [0.1, 0.15) is 24.8 Å². The van der Waals surface area contributed by atoms with Gasteiger partial charge in [-0.3, -0.25) is 0 Å². The SMILES string of the molecule is COCCOc1ccccc1CCC(Br)C1CC1. The average molecular weight is 313 g/mol. The van der Waals surface area contributed by atoms with E-state index in [0.717, 1.165) is 18.1 Å². The second-order valence-electron chi connectivity index (χ2n) is 4.84. The first-order valence-corrected chi connectivity index (χ1v) is 7.56. The second kappa shape index (κ2) is 7.15. The predicted molar refractivity (Wildman–Crippen MR) is 77.6 cm³/mol. The van der Waals surface area contributed by atoms with Crippen LogP contribution >= 0.6 is 15.9 Å². The van der Waals surface area contributed by atoms with Gasteiger partial charge in [0.05, 0.1) is 6.61 Å². The standard InChI is InChI=1S/C15H21BrO2/c1-17-10-11-18-15-5-3-2-4-13(15)8-9-14(16)12-6-7-12/h2-5,12,14H,6-11H2,1H3. The fourth-order valence-electron chi connectivity index (χ4n) is 2.07. The van der Waals surface area contributed by atoms with E-state index in [-0.39, 0.29) is 0 Å². The van der Waals surface area contributed by atoms with Gasteiger partial charge in [0.1, 0.15) is 12.4 Å². The van der Waals surface area contributed by atoms with Gasteiger partial charge in [0.25, 0.3) is 0 Å². The molecule has 0 heterocycles. The van der Waals surface area contributed by atoms with Crippen molar-refractivity contribution in [1.29, 1.82) is 0 Å². The van der Waals surface area contributed by atoms with Crippen molar-refractivity contribution >= 4 is 15.9 Å². The zero-order chi connectivity index (χ0) is 12.8. The van der Waals surface area contributed by atoms with Crippen LogP contribution in [0.25, 0.3) is 0 Å². The molecule has 0 aromatic heterocycles. The normalized spacial score (nSPS) is 16.6. The summed E-state index contributed by atoms with van der Waals surface area (Å²) in [6, 6.07) is 8.32. The summed E-state index contributed by atoms with van der Waals surface area (Å²) in [6.07, 6.45) is 5.05. The Bertz CT molecular complexity index is 363. The van der Waals surface area contributed by atoms with Gasteiger partial charge in [0, 0.05) is 11.9 Å². The van der Waals surface area contributed by atoms with Crippen LogP contribution in [0.3, 0.4) is 0 Å². The first kappa shape index (κ1) is 13.9. The van der Waals surface area contributed by atoms with Crippen LogP contribution < -0.4 is 4.74 Å². The summed E-state index contributed by atoms with van der Waals surface area (Å²) in [5.41, 5.74) is 1.30. The Morgan fingerprint density at radius 2 is 2.06 bits per heavy atom. The maximum absolute atomic E-state index is 5.75. The molecule has 2 nitrogen and oxygen atoms in total. The van der Waals surface area contributed by atoms with E-state index < -0.39 is 0 Å². The molecule has 0 N–H and O–H groups in total. The van der Waals surface area contributed by atoms with Crippen LogP contribution in [0.4, 0.5) is 0 Å². The molecule has 18 heavy (non-hydrogen) atoms. The monoisotopic (exact) mass is 312 g/mol. The molecule has 0 saturated heterocycles. The van der Waals surface area contributed by atoms with E-state index in [1.54, 1.807) is 7.11 Å². The van der Waals surface area contributed by atoms with Gasteiger partial charge in [-0.1, -0.05) is 34.1 Å². The number of aryl methyl sites for hydroxylation is 1. The number of hydrogen-bond acceptors (Lipinski definition) is 2. The van der Waals surface area contributed by atoms with E-state index in [4.69, 9.17) is 9.47 Å². The van der Waals surface area contributed by atoms with Crippen molar-refractivity contribution in [3.63, 3.8) is 0 Å². The highest BCUT2D eigenvalue weighted by molar-refractivity contribution is 9.09. The number of halogens is 1.